The molecule has 1 fully saturated rings. The van der Waals surface area contributed by atoms with Crippen LogP contribution in [0.1, 0.15) is 22.8 Å². The zero-order valence-corrected chi connectivity index (χ0v) is 14.9. The van der Waals surface area contributed by atoms with E-state index in [0.717, 1.165) is 4.31 Å². The molecule has 2 aromatic carbocycles. The lowest BCUT2D eigenvalue weighted by molar-refractivity contribution is -0.117. The second-order valence-electron chi connectivity index (χ2n) is 6.20. The van der Waals surface area contributed by atoms with Gasteiger partial charge in [0.25, 0.3) is 5.91 Å². The van der Waals surface area contributed by atoms with Crippen LogP contribution in [0.5, 0.6) is 5.75 Å². The average molecular weight is 374 g/mol. The minimum absolute atomic E-state index is 0.00826. The quantitative estimate of drug-likeness (QED) is 0.774. The zero-order chi connectivity index (χ0) is 18.9. The molecule has 26 heavy (non-hydrogen) atoms. The third kappa shape index (κ3) is 3.55. The number of benzene rings is 2. The summed E-state index contributed by atoms with van der Waals surface area (Å²) < 4.78 is 26.4. The minimum Gasteiger partial charge on any atom is -0.506 e. The van der Waals surface area contributed by atoms with Crippen LogP contribution >= 0.6 is 0 Å². The van der Waals surface area contributed by atoms with Crippen molar-refractivity contribution in [3.8, 4) is 5.75 Å². The molecular weight excluding hydrogens is 356 g/mol. The van der Waals surface area contributed by atoms with Crippen molar-refractivity contribution in [3.63, 3.8) is 0 Å². The van der Waals surface area contributed by atoms with Crippen LogP contribution in [0.15, 0.2) is 48.5 Å². The Morgan fingerprint density at radius 2 is 1.92 bits per heavy atom. The molecule has 0 aliphatic carbocycles. The van der Waals surface area contributed by atoms with Crippen molar-refractivity contribution >= 4 is 27.6 Å². The van der Waals surface area contributed by atoms with Gasteiger partial charge in [-0.25, -0.2) is 9.03 Å². The van der Waals surface area contributed by atoms with Crippen LogP contribution in [0, 0.1) is 5.92 Å². The maximum absolute atomic E-state index is 12.4. The van der Waals surface area contributed by atoms with Crippen molar-refractivity contribution in [2.24, 2.45) is 5.92 Å². The second-order valence-corrected chi connectivity index (χ2v) is 7.79. The van der Waals surface area contributed by atoms with Crippen LogP contribution in [0.25, 0.3) is 0 Å². The molecule has 1 aliphatic rings. The second kappa shape index (κ2) is 6.80. The van der Waals surface area contributed by atoms with E-state index in [4.69, 9.17) is 0 Å². The molecule has 0 aromatic heterocycles. The molecule has 8 heteroatoms. The van der Waals surface area contributed by atoms with Gasteiger partial charge in [0.05, 0.1) is 5.69 Å². The molecule has 1 amide bonds. The molecule has 0 saturated carbocycles. The number of hydrogen-bond donors (Lipinski definition) is 2. The summed E-state index contributed by atoms with van der Waals surface area (Å²) in [5, 5.41) is 10.2. The van der Waals surface area contributed by atoms with Gasteiger partial charge in [-0.2, -0.15) is 8.42 Å². The number of Topliss-reactive ketones (excluding diaryl/α,β-unsaturated/α-hetero) is 1. The van der Waals surface area contributed by atoms with Crippen LogP contribution in [-0.4, -0.2) is 31.8 Å². The highest BCUT2D eigenvalue weighted by molar-refractivity contribution is 7.92. The van der Waals surface area contributed by atoms with Gasteiger partial charge in [-0.05, 0) is 24.1 Å². The molecule has 3 rings (SSSR count). The smallest absolute Gasteiger partial charge is 0.326 e. The fourth-order valence-corrected chi connectivity index (χ4v) is 4.06. The molecular formula is C18H18N2O5S. The van der Waals surface area contributed by atoms with Gasteiger partial charge in [-0.15, -0.1) is 0 Å². The molecule has 136 valence electrons. The number of carbonyl (C=O) groups excluding carboxylic acids is 2. The average Bonchev–Trinajstić information content (AvgIpc) is 2.87. The largest absolute Gasteiger partial charge is 0.506 e. The van der Waals surface area contributed by atoms with Crippen molar-refractivity contribution in [2.75, 3.05) is 10.8 Å². The van der Waals surface area contributed by atoms with Crippen LogP contribution in [0.2, 0.25) is 0 Å². The number of ketones is 1. The van der Waals surface area contributed by atoms with Crippen LogP contribution in [0.3, 0.4) is 0 Å². The van der Waals surface area contributed by atoms with E-state index < -0.39 is 16.1 Å². The third-order valence-electron chi connectivity index (χ3n) is 4.18. The summed E-state index contributed by atoms with van der Waals surface area (Å²) >= 11 is 0. The standard InChI is InChI=1S/C18H18N2O5S/c1-12(18(23)14-5-3-2-4-6-14)9-13-7-8-15(16(21)10-13)20-11-17(22)19-26(20,24)25/h2-8,10,12,21H,9,11H2,1H3,(H,19,22). The maximum atomic E-state index is 12.4. The fourth-order valence-electron chi connectivity index (χ4n) is 2.90. The molecule has 1 aliphatic heterocycles. The zero-order valence-electron chi connectivity index (χ0n) is 14.0. The molecule has 7 nitrogen and oxygen atoms in total. The summed E-state index contributed by atoms with van der Waals surface area (Å²) in [5.41, 5.74) is 1.33. The van der Waals surface area contributed by atoms with Gasteiger partial charge in [0.15, 0.2) is 5.78 Å². The summed E-state index contributed by atoms with van der Waals surface area (Å²) in [7, 11) is -3.98. The lowest BCUT2D eigenvalue weighted by Crippen LogP contribution is -2.29. The Morgan fingerprint density at radius 1 is 1.23 bits per heavy atom. The monoisotopic (exact) mass is 374 g/mol. The van der Waals surface area contributed by atoms with E-state index in [1.165, 1.54) is 12.1 Å². The van der Waals surface area contributed by atoms with Gasteiger partial charge in [0.1, 0.15) is 12.3 Å². The van der Waals surface area contributed by atoms with E-state index in [1.807, 2.05) is 10.8 Å². The fraction of sp³-hybridized carbons (Fsp3) is 0.222. The van der Waals surface area contributed by atoms with E-state index in [0.29, 0.717) is 17.5 Å². The van der Waals surface area contributed by atoms with Gasteiger partial charge in [0, 0.05) is 11.5 Å². The number of nitrogens with zero attached hydrogens (tertiary/aromatic N) is 1. The van der Waals surface area contributed by atoms with E-state index >= 15 is 0 Å². The van der Waals surface area contributed by atoms with Gasteiger partial charge < -0.3 is 5.11 Å². The minimum atomic E-state index is -3.98. The van der Waals surface area contributed by atoms with Crippen LogP contribution in [0.4, 0.5) is 5.69 Å². The Morgan fingerprint density at radius 3 is 2.50 bits per heavy atom. The molecule has 1 saturated heterocycles. The first-order chi connectivity index (χ1) is 12.3. The van der Waals surface area contributed by atoms with E-state index in [2.05, 4.69) is 0 Å². The predicted molar refractivity (Wildman–Crippen MR) is 96.2 cm³/mol. The molecule has 0 radical (unpaired) electrons. The van der Waals surface area contributed by atoms with Gasteiger partial charge >= 0.3 is 10.2 Å². The van der Waals surface area contributed by atoms with Crippen molar-refractivity contribution in [1.82, 2.24) is 4.72 Å². The Kier molecular flexibility index (Phi) is 4.69. The van der Waals surface area contributed by atoms with E-state index in [-0.39, 0.29) is 29.7 Å². The number of rotatable bonds is 5. The topological polar surface area (TPSA) is 104 Å². The van der Waals surface area contributed by atoms with Crippen LogP contribution < -0.4 is 9.03 Å². The number of anilines is 1. The number of phenolic OH excluding ortho intramolecular Hbond substituents is 1. The predicted octanol–water partition coefficient (Wildman–Crippen LogP) is 1.63. The Labute approximate surface area is 151 Å². The van der Waals surface area contributed by atoms with Crippen molar-refractivity contribution in [1.29, 1.82) is 0 Å². The Balaban J connectivity index is 1.78. The SMILES string of the molecule is CC(Cc1ccc(N2CC(=O)NS2(=O)=O)c(O)c1)C(=O)c1ccccc1. The highest BCUT2D eigenvalue weighted by atomic mass is 32.2. The number of hydrogen-bond acceptors (Lipinski definition) is 5. The third-order valence-corrected chi connectivity index (χ3v) is 5.57. The molecule has 0 bridgehead atoms. The maximum Gasteiger partial charge on any atom is 0.326 e. The first-order valence-electron chi connectivity index (χ1n) is 8.02. The Hall–Kier alpha value is -2.87. The van der Waals surface area contributed by atoms with Crippen molar-refractivity contribution in [2.45, 2.75) is 13.3 Å². The Bertz CT molecular complexity index is 957. The first kappa shape index (κ1) is 17.9. The molecule has 0 spiro atoms. The van der Waals surface area contributed by atoms with Crippen LogP contribution in [-0.2, 0) is 21.4 Å². The molecule has 1 atom stereocenters. The normalized spacial score (nSPS) is 17.0. The summed E-state index contributed by atoms with van der Waals surface area (Å²) in [6, 6.07) is 13.4. The highest BCUT2D eigenvalue weighted by Gasteiger charge is 2.35. The molecule has 1 heterocycles. The van der Waals surface area contributed by atoms with Gasteiger partial charge in [-0.1, -0.05) is 43.3 Å². The first-order valence-corrected chi connectivity index (χ1v) is 9.46. The number of amides is 1. The molecule has 1 unspecified atom stereocenters. The lowest BCUT2D eigenvalue weighted by atomic mass is 9.93. The highest BCUT2D eigenvalue weighted by Crippen LogP contribution is 2.32. The molecule has 2 N–H and O–H groups in total. The summed E-state index contributed by atoms with van der Waals surface area (Å²) in [6.45, 7) is 1.42. The number of aromatic hydroxyl groups is 1. The van der Waals surface area contributed by atoms with Crippen molar-refractivity contribution < 1.29 is 23.1 Å². The summed E-state index contributed by atoms with van der Waals surface area (Å²) in [6.07, 6.45) is 0.394. The van der Waals surface area contributed by atoms with Gasteiger partial charge in [0.2, 0.25) is 0 Å². The van der Waals surface area contributed by atoms with Crippen molar-refractivity contribution in [3.05, 3.63) is 59.7 Å². The number of carbonyl (C=O) groups is 2. The van der Waals surface area contributed by atoms with Gasteiger partial charge in [-0.3, -0.25) is 9.59 Å². The van der Waals surface area contributed by atoms with E-state index in [9.17, 15) is 23.1 Å². The summed E-state index contributed by atoms with van der Waals surface area (Å²) in [4.78, 5) is 23.8. The molecule has 2 aromatic rings. The number of nitrogens with one attached hydrogen (secondary N) is 1. The number of phenols is 1. The van der Waals surface area contributed by atoms with E-state index in [1.54, 1.807) is 37.3 Å². The summed E-state index contributed by atoms with van der Waals surface area (Å²) in [5.74, 6) is -1.23. The lowest BCUT2D eigenvalue weighted by Gasteiger charge is -2.17.